The summed E-state index contributed by atoms with van der Waals surface area (Å²) in [6, 6.07) is 16.9. The number of ether oxygens (including phenoxy) is 1. The zero-order valence-corrected chi connectivity index (χ0v) is 17.2. The molecular formula is C25H23N5O. The first-order chi connectivity index (χ1) is 15.4. The lowest BCUT2D eigenvalue weighted by Gasteiger charge is -2.27. The molecule has 2 aromatic carbocycles. The van der Waals surface area contributed by atoms with Crippen LogP contribution in [0.15, 0.2) is 60.9 Å². The van der Waals surface area contributed by atoms with Gasteiger partial charge in [-0.1, -0.05) is 60.7 Å². The quantitative estimate of drug-likeness (QED) is 0.511. The van der Waals surface area contributed by atoms with E-state index in [9.17, 15) is 0 Å². The molecule has 154 valence electrons. The average Bonchev–Trinajstić information content (AvgIpc) is 3.47. The topological polar surface area (TPSA) is 56.1 Å². The van der Waals surface area contributed by atoms with Gasteiger partial charge >= 0.3 is 0 Å². The average molecular weight is 409 g/mol. The Labute approximate surface area is 180 Å². The van der Waals surface area contributed by atoms with Crippen molar-refractivity contribution in [3.63, 3.8) is 0 Å². The molecule has 0 unspecified atom stereocenters. The molecule has 0 amide bonds. The molecule has 2 aliphatic rings. The summed E-state index contributed by atoms with van der Waals surface area (Å²) in [5, 5.41) is 0. The van der Waals surface area contributed by atoms with Gasteiger partial charge in [-0.05, 0) is 23.1 Å². The number of hydrogen-bond donors (Lipinski definition) is 0. The van der Waals surface area contributed by atoms with Gasteiger partial charge in [0.25, 0.3) is 0 Å². The van der Waals surface area contributed by atoms with E-state index < -0.39 is 0 Å². The highest BCUT2D eigenvalue weighted by Gasteiger charge is 2.22. The predicted molar refractivity (Wildman–Crippen MR) is 122 cm³/mol. The van der Waals surface area contributed by atoms with Crippen LogP contribution in [-0.2, 0) is 17.7 Å². The number of nitrogens with zero attached hydrogens (tertiary/aromatic N) is 5. The standard InChI is InChI=1S/C25H23N5O/c1-2-6-18(7-3-1)16-30-17-26-23-22(21-11-5-9-19-8-4-10-20(19)21)27-25(28-24(23)30)29-12-14-31-15-13-29/h1-7,9-11,17H,8,12-16H2. The molecule has 31 heavy (non-hydrogen) atoms. The summed E-state index contributed by atoms with van der Waals surface area (Å²) in [5.74, 6) is 0.750. The van der Waals surface area contributed by atoms with Crippen molar-refractivity contribution in [3.8, 4) is 11.3 Å². The molecule has 1 aliphatic heterocycles. The van der Waals surface area contributed by atoms with E-state index in [-0.39, 0.29) is 0 Å². The minimum absolute atomic E-state index is 0.698. The van der Waals surface area contributed by atoms with Gasteiger partial charge in [-0.15, -0.1) is 0 Å². The maximum absolute atomic E-state index is 5.55. The van der Waals surface area contributed by atoms with Gasteiger partial charge < -0.3 is 14.2 Å². The summed E-state index contributed by atoms with van der Waals surface area (Å²) in [6.45, 7) is 3.71. The minimum atomic E-state index is 0.698. The number of rotatable bonds is 4. The Bertz CT molecular complexity index is 1270. The maximum atomic E-state index is 5.55. The lowest BCUT2D eigenvalue weighted by atomic mass is 10.0. The number of hydrogen-bond acceptors (Lipinski definition) is 5. The van der Waals surface area contributed by atoms with Gasteiger partial charge in [-0.25, -0.2) is 9.97 Å². The van der Waals surface area contributed by atoms with Gasteiger partial charge in [-0.3, -0.25) is 0 Å². The van der Waals surface area contributed by atoms with Crippen LogP contribution in [0.25, 0.3) is 28.5 Å². The van der Waals surface area contributed by atoms with E-state index in [1.54, 1.807) is 0 Å². The van der Waals surface area contributed by atoms with E-state index in [1.165, 1.54) is 16.7 Å². The first-order valence-electron chi connectivity index (χ1n) is 10.7. The molecule has 2 aromatic heterocycles. The highest BCUT2D eigenvalue weighted by Crippen LogP contribution is 2.34. The van der Waals surface area contributed by atoms with Crippen molar-refractivity contribution in [2.75, 3.05) is 31.2 Å². The predicted octanol–water partition coefficient (Wildman–Crippen LogP) is 3.95. The molecule has 6 nitrogen and oxygen atoms in total. The molecule has 0 bridgehead atoms. The molecule has 0 spiro atoms. The Hall–Kier alpha value is -3.51. The molecule has 1 fully saturated rings. The van der Waals surface area contributed by atoms with Gasteiger partial charge in [0.15, 0.2) is 5.65 Å². The van der Waals surface area contributed by atoms with Crippen LogP contribution < -0.4 is 4.90 Å². The van der Waals surface area contributed by atoms with Crippen LogP contribution in [0.2, 0.25) is 0 Å². The van der Waals surface area contributed by atoms with E-state index >= 15 is 0 Å². The summed E-state index contributed by atoms with van der Waals surface area (Å²) < 4.78 is 7.67. The van der Waals surface area contributed by atoms with Crippen LogP contribution in [0.4, 0.5) is 5.95 Å². The monoisotopic (exact) mass is 409 g/mol. The van der Waals surface area contributed by atoms with Crippen LogP contribution in [0, 0.1) is 0 Å². The molecule has 6 rings (SSSR count). The van der Waals surface area contributed by atoms with Crippen LogP contribution in [0.5, 0.6) is 0 Å². The zero-order chi connectivity index (χ0) is 20.6. The van der Waals surface area contributed by atoms with E-state index in [2.05, 4.69) is 64.1 Å². The highest BCUT2D eigenvalue weighted by atomic mass is 16.5. The normalized spacial score (nSPS) is 15.5. The molecule has 0 atom stereocenters. The van der Waals surface area contributed by atoms with Crippen molar-refractivity contribution in [2.45, 2.75) is 13.0 Å². The molecule has 0 saturated carbocycles. The van der Waals surface area contributed by atoms with Gasteiger partial charge in [0, 0.05) is 18.7 Å². The van der Waals surface area contributed by atoms with Crippen molar-refractivity contribution >= 4 is 23.2 Å². The third kappa shape index (κ3) is 3.29. The van der Waals surface area contributed by atoms with Crippen LogP contribution in [-0.4, -0.2) is 45.8 Å². The molecule has 1 saturated heterocycles. The molecule has 1 aliphatic carbocycles. The van der Waals surface area contributed by atoms with Crippen molar-refractivity contribution in [3.05, 3.63) is 77.6 Å². The van der Waals surface area contributed by atoms with Crippen LogP contribution in [0.3, 0.4) is 0 Å². The number of fused-ring (bicyclic) bond motifs is 2. The Morgan fingerprint density at radius 3 is 2.68 bits per heavy atom. The number of anilines is 1. The van der Waals surface area contributed by atoms with Crippen LogP contribution in [0.1, 0.15) is 16.7 Å². The largest absolute Gasteiger partial charge is 0.378 e. The lowest BCUT2D eigenvalue weighted by Crippen LogP contribution is -2.37. The smallest absolute Gasteiger partial charge is 0.228 e. The molecule has 4 aromatic rings. The van der Waals surface area contributed by atoms with Gasteiger partial charge in [0.1, 0.15) is 11.2 Å². The number of allylic oxidation sites excluding steroid dienone is 1. The fraction of sp³-hybridized carbons (Fsp3) is 0.240. The van der Waals surface area contributed by atoms with Crippen LogP contribution >= 0.6 is 0 Å². The fourth-order valence-electron chi connectivity index (χ4n) is 4.42. The molecule has 0 N–H and O–H groups in total. The first-order valence-corrected chi connectivity index (χ1v) is 10.7. The van der Waals surface area contributed by atoms with Crippen molar-refractivity contribution in [1.29, 1.82) is 0 Å². The SMILES string of the molecule is C1=Cc2c(cccc2-c2nc(N3CCOCC3)nc3c2ncn3Cc2ccccc2)C1. The second-order valence-electron chi connectivity index (χ2n) is 7.99. The Morgan fingerprint density at radius 2 is 1.81 bits per heavy atom. The van der Waals surface area contributed by atoms with Crippen molar-refractivity contribution in [1.82, 2.24) is 19.5 Å². The van der Waals surface area contributed by atoms with E-state index in [0.717, 1.165) is 54.4 Å². The number of morpholine rings is 1. The molecule has 0 radical (unpaired) electrons. The minimum Gasteiger partial charge on any atom is -0.378 e. The van der Waals surface area contributed by atoms with Crippen molar-refractivity contribution in [2.24, 2.45) is 0 Å². The molecular weight excluding hydrogens is 386 g/mol. The summed E-state index contributed by atoms with van der Waals surface area (Å²) in [6.07, 6.45) is 7.27. The van der Waals surface area contributed by atoms with E-state index in [4.69, 9.17) is 19.7 Å². The fourth-order valence-corrected chi connectivity index (χ4v) is 4.42. The summed E-state index contributed by atoms with van der Waals surface area (Å²) in [4.78, 5) is 17.0. The Morgan fingerprint density at radius 1 is 0.935 bits per heavy atom. The zero-order valence-electron chi connectivity index (χ0n) is 17.2. The Balaban J connectivity index is 1.54. The second kappa shape index (κ2) is 7.63. The number of benzene rings is 2. The van der Waals surface area contributed by atoms with Gasteiger partial charge in [-0.2, -0.15) is 4.98 Å². The number of aromatic nitrogens is 4. The Kier molecular flexibility index (Phi) is 4.50. The van der Waals surface area contributed by atoms with E-state index in [0.29, 0.717) is 13.2 Å². The third-order valence-corrected chi connectivity index (χ3v) is 6.02. The maximum Gasteiger partial charge on any atom is 0.228 e. The van der Waals surface area contributed by atoms with Gasteiger partial charge in [0.05, 0.1) is 26.1 Å². The highest BCUT2D eigenvalue weighted by molar-refractivity contribution is 5.92. The first kappa shape index (κ1) is 18.3. The molecule has 6 heteroatoms. The van der Waals surface area contributed by atoms with Crippen molar-refractivity contribution < 1.29 is 4.74 Å². The molecule has 3 heterocycles. The third-order valence-electron chi connectivity index (χ3n) is 6.02. The summed E-state index contributed by atoms with van der Waals surface area (Å²) in [5.41, 5.74) is 7.55. The second-order valence-corrected chi connectivity index (χ2v) is 7.99. The lowest BCUT2D eigenvalue weighted by molar-refractivity contribution is 0.122. The number of imidazole rings is 1. The summed E-state index contributed by atoms with van der Waals surface area (Å²) >= 11 is 0. The summed E-state index contributed by atoms with van der Waals surface area (Å²) in [7, 11) is 0. The van der Waals surface area contributed by atoms with Gasteiger partial charge in [0.2, 0.25) is 5.95 Å². The van der Waals surface area contributed by atoms with E-state index in [1.807, 2.05) is 12.4 Å².